The number of hydrogen-bond acceptors (Lipinski definition) is 7. The molecular weight excluding hydrogens is 250 g/mol. The molecule has 0 aliphatic heterocycles. The third kappa shape index (κ3) is 3.01. The molecule has 82 valence electrons. The van der Waals surface area contributed by atoms with Crippen LogP contribution >= 0.6 is 11.6 Å². The molecule has 10 heteroatoms. The first-order chi connectivity index (χ1) is 6.83. The van der Waals surface area contributed by atoms with Gasteiger partial charge in [-0.25, -0.2) is 4.98 Å². The molecule has 0 saturated carbocycles. The van der Waals surface area contributed by atoms with Crippen LogP contribution in [0.4, 0.5) is 5.82 Å². The summed E-state index contributed by atoms with van der Waals surface area (Å²) >= 11 is 5.40. The smallest absolute Gasteiger partial charge is 0.382 e. The molecule has 0 bridgehead atoms. The SMILES string of the molecule is Nc1nc(OS(=O)(=O)O)c(Cl)nc1C=O. The Bertz CT molecular complexity index is 502. The molecule has 0 radical (unpaired) electrons. The number of aromatic nitrogens is 2. The van der Waals surface area contributed by atoms with Crippen molar-refractivity contribution in [3.63, 3.8) is 0 Å². The fraction of sp³-hybridized carbons (Fsp3) is 0. The number of carbonyl (C=O) groups is 1. The lowest BCUT2D eigenvalue weighted by atomic mass is 10.4. The predicted octanol–water partition coefficient (Wildman–Crippen LogP) is -0.294. The Balaban J connectivity index is 3.22. The Kier molecular flexibility index (Phi) is 3.07. The van der Waals surface area contributed by atoms with E-state index in [1.807, 2.05) is 0 Å². The van der Waals surface area contributed by atoms with Crippen LogP contribution in [0.2, 0.25) is 5.15 Å². The van der Waals surface area contributed by atoms with Gasteiger partial charge in [0.25, 0.3) is 5.88 Å². The standard InChI is InChI=1S/C5H4ClN3O5S/c6-3-5(14-15(11,12)13)9-4(7)2(1-10)8-3/h1H,(H2,7,9)(H,11,12,13). The lowest BCUT2D eigenvalue weighted by Gasteiger charge is -2.03. The number of nitrogens with two attached hydrogens (primary N) is 1. The number of halogens is 1. The molecule has 0 amide bonds. The van der Waals surface area contributed by atoms with Crippen LogP contribution in [0, 0.1) is 0 Å². The van der Waals surface area contributed by atoms with E-state index >= 15 is 0 Å². The second-order valence-corrected chi connectivity index (χ2v) is 3.60. The average molecular weight is 254 g/mol. The van der Waals surface area contributed by atoms with Crippen molar-refractivity contribution in [2.24, 2.45) is 0 Å². The second-order valence-electron chi connectivity index (χ2n) is 2.22. The number of nitrogen functional groups attached to an aromatic ring is 1. The van der Waals surface area contributed by atoms with Crippen LogP contribution in [0.3, 0.4) is 0 Å². The summed E-state index contributed by atoms with van der Waals surface area (Å²) < 4.78 is 32.9. The maximum Gasteiger partial charge on any atom is 0.448 e. The number of rotatable bonds is 3. The van der Waals surface area contributed by atoms with E-state index in [2.05, 4.69) is 14.2 Å². The van der Waals surface area contributed by atoms with Gasteiger partial charge in [0.15, 0.2) is 17.3 Å². The van der Waals surface area contributed by atoms with Gasteiger partial charge in [-0.3, -0.25) is 9.35 Å². The van der Waals surface area contributed by atoms with Crippen LogP contribution in [0.5, 0.6) is 5.88 Å². The van der Waals surface area contributed by atoms with Gasteiger partial charge in [-0.2, -0.15) is 13.4 Å². The number of carbonyl (C=O) groups excluding carboxylic acids is 1. The fourth-order valence-corrected chi connectivity index (χ4v) is 1.20. The van der Waals surface area contributed by atoms with E-state index in [1.54, 1.807) is 0 Å². The van der Waals surface area contributed by atoms with Crippen molar-refractivity contribution in [1.82, 2.24) is 9.97 Å². The molecule has 1 aromatic rings. The molecule has 0 unspecified atom stereocenters. The van der Waals surface area contributed by atoms with E-state index in [0.717, 1.165) is 0 Å². The fourth-order valence-electron chi connectivity index (χ4n) is 0.663. The summed E-state index contributed by atoms with van der Waals surface area (Å²) in [6.45, 7) is 0. The quantitative estimate of drug-likeness (QED) is 0.554. The first-order valence-electron chi connectivity index (χ1n) is 3.28. The lowest BCUT2D eigenvalue weighted by Crippen LogP contribution is -2.11. The number of nitrogens with zero attached hydrogens (tertiary/aromatic N) is 2. The van der Waals surface area contributed by atoms with Gasteiger partial charge in [-0.1, -0.05) is 11.6 Å². The molecule has 8 nitrogen and oxygen atoms in total. The van der Waals surface area contributed by atoms with Crippen molar-refractivity contribution >= 4 is 34.1 Å². The highest BCUT2D eigenvalue weighted by Crippen LogP contribution is 2.22. The summed E-state index contributed by atoms with van der Waals surface area (Å²) in [4.78, 5) is 17.0. The molecule has 0 fully saturated rings. The first-order valence-corrected chi connectivity index (χ1v) is 5.03. The zero-order chi connectivity index (χ0) is 11.6. The Hall–Kier alpha value is -1.45. The van der Waals surface area contributed by atoms with E-state index in [-0.39, 0.29) is 17.8 Å². The summed E-state index contributed by atoms with van der Waals surface area (Å²) in [5, 5.41) is -0.510. The van der Waals surface area contributed by atoms with Crippen molar-refractivity contribution in [2.75, 3.05) is 5.73 Å². The van der Waals surface area contributed by atoms with Crippen molar-refractivity contribution in [1.29, 1.82) is 0 Å². The lowest BCUT2D eigenvalue weighted by molar-refractivity contribution is 0.111. The molecule has 15 heavy (non-hydrogen) atoms. The molecule has 0 saturated heterocycles. The van der Waals surface area contributed by atoms with Crippen molar-refractivity contribution in [3.05, 3.63) is 10.8 Å². The third-order valence-corrected chi connectivity index (χ3v) is 1.79. The molecular formula is C5H4ClN3O5S. The van der Waals surface area contributed by atoms with Crippen LogP contribution in [0.1, 0.15) is 10.5 Å². The highest BCUT2D eigenvalue weighted by atomic mass is 35.5. The summed E-state index contributed by atoms with van der Waals surface area (Å²) in [5.41, 5.74) is 4.94. The van der Waals surface area contributed by atoms with Gasteiger partial charge in [0.1, 0.15) is 5.69 Å². The molecule has 1 aromatic heterocycles. The van der Waals surface area contributed by atoms with E-state index in [1.165, 1.54) is 0 Å². The van der Waals surface area contributed by atoms with Gasteiger partial charge in [0.2, 0.25) is 0 Å². The second kappa shape index (κ2) is 3.96. The molecule has 1 heterocycles. The molecule has 0 aliphatic rings. The molecule has 0 spiro atoms. The largest absolute Gasteiger partial charge is 0.448 e. The summed E-state index contributed by atoms with van der Waals surface area (Å²) in [5.74, 6) is -1.07. The Morgan fingerprint density at radius 3 is 2.53 bits per heavy atom. The molecule has 3 N–H and O–H groups in total. The third-order valence-electron chi connectivity index (χ3n) is 1.18. The van der Waals surface area contributed by atoms with Gasteiger partial charge in [-0.05, 0) is 0 Å². The van der Waals surface area contributed by atoms with Gasteiger partial charge in [0, 0.05) is 0 Å². The Morgan fingerprint density at radius 1 is 1.47 bits per heavy atom. The maximum atomic E-state index is 10.3. The number of anilines is 1. The van der Waals surface area contributed by atoms with Gasteiger partial charge < -0.3 is 9.92 Å². The van der Waals surface area contributed by atoms with E-state index in [0.29, 0.717) is 0 Å². The summed E-state index contributed by atoms with van der Waals surface area (Å²) in [6.07, 6.45) is 0.283. The monoisotopic (exact) mass is 253 g/mol. The minimum Gasteiger partial charge on any atom is -0.382 e. The van der Waals surface area contributed by atoms with Gasteiger partial charge >= 0.3 is 10.4 Å². The van der Waals surface area contributed by atoms with Crippen LogP contribution in [0.25, 0.3) is 0 Å². The van der Waals surface area contributed by atoms with Crippen LogP contribution < -0.4 is 9.92 Å². The van der Waals surface area contributed by atoms with Crippen LogP contribution in [-0.2, 0) is 10.4 Å². The Morgan fingerprint density at radius 2 is 2.07 bits per heavy atom. The zero-order valence-electron chi connectivity index (χ0n) is 6.92. The summed E-state index contributed by atoms with van der Waals surface area (Å²) in [6, 6.07) is 0. The number of hydrogen-bond donors (Lipinski definition) is 2. The van der Waals surface area contributed by atoms with Gasteiger partial charge in [-0.15, -0.1) is 0 Å². The van der Waals surface area contributed by atoms with Crippen molar-refractivity contribution < 1.29 is 21.9 Å². The summed E-state index contributed by atoms with van der Waals surface area (Å²) in [7, 11) is -4.77. The highest BCUT2D eigenvalue weighted by Gasteiger charge is 2.16. The number of aldehydes is 1. The minimum atomic E-state index is -4.77. The molecule has 0 atom stereocenters. The van der Waals surface area contributed by atoms with E-state index in [9.17, 15) is 13.2 Å². The minimum absolute atomic E-state index is 0.261. The normalized spacial score (nSPS) is 11.1. The van der Waals surface area contributed by atoms with Crippen molar-refractivity contribution in [2.45, 2.75) is 0 Å². The van der Waals surface area contributed by atoms with Crippen molar-refractivity contribution in [3.8, 4) is 5.88 Å². The van der Waals surface area contributed by atoms with E-state index in [4.69, 9.17) is 21.9 Å². The maximum absolute atomic E-state index is 10.3. The first kappa shape index (κ1) is 11.6. The average Bonchev–Trinajstić information content (AvgIpc) is 2.08. The topological polar surface area (TPSA) is 132 Å². The van der Waals surface area contributed by atoms with Crippen LogP contribution in [0.15, 0.2) is 0 Å². The zero-order valence-corrected chi connectivity index (χ0v) is 8.49. The van der Waals surface area contributed by atoms with Crippen LogP contribution in [-0.4, -0.2) is 29.2 Å². The Labute approximate surface area is 89.0 Å². The van der Waals surface area contributed by atoms with E-state index < -0.39 is 21.4 Å². The molecule has 0 aliphatic carbocycles. The predicted molar refractivity (Wildman–Crippen MR) is 49.0 cm³/mol. The molecule has 1 rings (SSSR count). The van der Waals surface area contributed by atoms with Gasteiger partial charge in [0.05, 0.1) is 0 Å². The molecule has 0 aromatic carbocycles. The highest BCUT2D eigenvalue weighted by molar-refractivity contribution is 7.81.